The maximum absolute atomic E-state index is 2.38. The van der Waals surface area contributed by atoms with Crippen molar-refractivity contribution in [3.63, 3.8) is 0 Å². The normalized spacial score (nSPS) is 13.1. The van der Waals surface area contributed by atoms with E-state index < -0.39 is 0 Å². The van der Waals surface area contributed by atoms with Crippen LogP contribution in [0.2, 0.25) is 0 Å². The highest BCUT2D eigenvalue weighted by atomic mass is 14.2. The van der Waals surface area contributed by atoms with Gasteiger partial charge in [-0.1, -0.05) is 133 Å². The smallest absolute Gasteiger partial charge is 0.00262 e. The molecule has 7 rings (SSSR count). The molecule has 1 aliphatic carbocycles. The third kappa shape index (κ3) is 3.96. The summed E-state index contributed by atoms with van der Waals surface area (Å²) in [5.41, 5.74) is 10.3. The average Bonchev–Trinajstić information content (AvgIpc) is 3.01. The molecule has 0 saturated heterocycles. The Labute approximate surface area is 224 Å². The van der Waals surface area contributed by atoms with E-state index in [2.05, 4.69) is 146 Å². The Morgan fingerprint density at radius 2 is 0.868 bits per heavy atom. The fourth-order valence-electron chi connectivity index (χ4n) is 5.95. The van der Waals surface area contributed by atoms with Crippen molar-refractivity contribution in [1.82, 2.24) is 0 Å². The van der Waals surface area contributed by atoms with Crippen LogP contribution in [0.3, 0.4) is 0 Å². The van der Waals surface area contributed by atoms with Gasteiger partial charge in [-0.05, 0) is 91.0 Å². The predicted molar refractivity (Wildman–Crippen MR) is 164 cm³/mol. The fraction of sp³-hybridized carbons (Fsp3) is 0.0526. The Balaban J connectivity index is 1.50. The van der Waals surface area contributed by atoms with Gasteiger partial charge in [0.1, 0.15) is 0 Å². The van der Waals surface area contributed by atoms with Gasteiger partial charge in [0.2, 0.25) is 0 Å². The van der Waals surface area contributed by atoms with Crippen molar-refractivity contribution in [3.05, 3.63) is 151 Å². The molecule has 0 spiro atoms. The molecular formula is C38H28. The SMILES string of the molecule is C1=CCCC(c2cccc(-c3c4ccccc4c(-c4cccc(-c5ccccc5)c4)c4ccccc34)c2)=C1. The second kappa shape index (κ2) is 9.65. The van der Waals surface area contributed by atoms with Crippen LogP contribution in [-0.2, 0) is 0 Å². The molecule has 0 fully saturated rings. The number of benzene rings is 6. The topological polar surface area (TPSA) is 0 Å². The molecule has 6 aromatic rings. The number of hydrogen-bond donors (Lipinski definition) is 0. The summed E-state index contributed by atoms with van der Waals surface area (Å²) in [4.78, 5) is 0. The van der Waals surface area contributed by atoms with Crippen LogP contribution in [0.4, 0.5) is 0 Å². The van der Waals surface area contributed by atoms with Gasteiger partial charge in [0.05, 0.1) is 0 Å². The summed E-state index contributed by atoms with van der Waals surface area (Å²) in [5, 5.41) is 5.16. The van der Waals surface area contributed by atoms with E-state index in [9.17, 15) is 0 Å². The van der Waals surface area contributed by atoms with Crippen LogP contribution < -0.4 is 0 Å². The lowest BCUT2D eigenvalue weighted by molar-refractivity contribution is 1.05. The second-order valence-corrected chi connectivity index (χ2v) is 10.0. The molecule has 0 bridgehead atoms. The quantitative estimate of drug-likeness (QED) is 0.218. The van der Waals surface area contributed by atoms with Gasteiger partial charge in [-0.2, -0.15) is 0 Å². The highest BCUT2D eigenvalue weighted by Crippen LogP contribution is 2.44. The molecule has 0 unspecified atom stereocenters. The summed E-state index contributed by atoms with van der Waals surface area (Å²) < 4.78 is 0. The molecule has 0 atom stereocenters. The minimum absolute atomic E-state index is 1.10. The van der Waals surface area contributed by atoms with Gasteiger partial charge < -0.3 is 0 Å². The van der Waals surface area contributed by atoms with E-state index in [1.54, 1.807) is 0 Å². The highest BCUT2D eigenvalue weighted by molar-refractivity contribution is 6.21. The summed E-state index contributed by atoms with van der Waals surface area (Å²) in [6, 6.07) is 46.6. The predicted octanol–water partition coefficient (Wildman–Crippen LogP) is 10.7. The molecule has 0 aromatic heterocycles. The zero-order valence-corrected chi connectivity index (χ0v) is 21.3. The first-order valence-electron chi connectivity index (χ1n) is 13.4. The van der Waals surface area contributed by atoms with Crippen molar-refractivity contribution < 1.29 is 0 Å². The molecule has 38 heavy (non-hydrogen) atoms. The number of rotatable bonds is 4. The first-order chi connectivity index (χ1) is 18.9. The minimum Gasteiger partial charge on any atom is -0.0842 e. The Morgan fingerprint density at radius 3 is 1.42 bits per heavy atom. The Morgan fingerprint density at radius 1 is 0.395 bits per heavy atom. The molecule has 0 N–H and O–H groups in total. The first-order valence-corrected chi connectivity index (χ1v) is 13.4. The second-order valence-electron chi connectivity index (χ2n) is 10.0. The summed E-state index contributed by atoms with van der Waals surface area (Å²) in [7, 11) is 0. The van der Waals surface area contributed by atoms with Crippen LogP contribution in [0.5, 0.6) is 0 Å². The van der Waals surface area contributed by atoms with Gasteiger partial charge in [0.15, 0.2) is 0 Å². The minimum atomic E-state index is 1.10. The first kappa shape index (κ1) is 22.5. The third-order valence-electron chi connectivity index (χ3n) is 7.73. The standard InChI is InChI=1S/C38H28/c1-3-13-27(14-4-1)29-17-11-19-31(25-29)37-33-21-7-9-23-35(33)38(36-24-10-8-22-34(36)37)32-20-12-18-30(26-32)28-15-5-2-6-16-28/h1-5,7-15,17-26H,6,16H2. The van der Waals surface area contributed by atoms with E-state index in [1.807, 2.05) is 0 Å². The molecule has 0 nitrogen and oxygen atoms in total. The maximum Gasteiger partial charge on any atom is -0.00262 e. The zero-order chi connectivity index (χ0) is 25.3. The van der Waals surface area contributed by atoms with Crippen molar-refractivity contribution in [2.75, 3.05) is 0 Å². The van der Waals surface area contributed by atoms with Crippen LogP contribution in [0.15, 0.2) is 146 Å². The molecule has 0 saturated carbocycles. The average molecular weight is 485 g/mol. The summed E-state index contributed by atoms with van der Waals surface area (Å²) in [6.07, 6.45) is 8.91. The molecule has 0 amide bonds. The van der Waals surface area contributed by atoms with E-state index in [0.29, 0.717) is 0 Å². The maximum atomic E-state index is 2.38. The Hall–Kier alpha value is -4.68. The van der Waals surface area contributed by atoms with Crippen molar-refractivity contribution in [3.8, 4) is 33.4 Å². The van der Waals surface area contributed by atoms with Crippen LogP contribution in [0.1, 0.15) is 18.4 Å². The number of allylic oxidation sites excluding steroid dienone is 4. The van der Waals surface area contributed by atoms with Gasteiger partial charge in [-0.25, -0.2) is 0 Å². The highest BCUT2D eigenvalue weighted by Gasteiger charge is 2.17. The van der Waals surface area contributed by atoms with Crippen molar-refractivity contribution in [1.29, 1.82) is 0 Å². The van der Waals surface area contributed by atoms with E-state index >= 15 is 0 Å². The Bertz CT molecular complexity index is 1790. The van der Waals surface area contributed by atoms with Gasteiger partial charge >= 0.3 is 0 Å². The van der Waals surface area contributed by atoms with E-state index in [0.717, 1.165) is 12.8 Å². The van der Waals surface area contributed by atoms with Crippen LogP contribution in [-0.4, -0.2) is 0 Å². The lowest BCUT2D eigenvalue weighted by atomic mass is 9.84. The summed E-state index contributed by atoms with van der Waals surface area (Å²) in [6.45, 7) is 0. The Kier molecular flexibility index (Phi) is 5.72. The number of fused-ring (bicyclic) bond motifs is 2. The van der Waals surface area contributed by atoms with Crippen LogP contribution in [0.25, 0.3) is 60.5 Å². The summed E-state index contributed by atoms with van der Waals surface area (Å²) >= 11 is 0. The van der Waals surface area contributed by atoms with Crippen molar-refractivity contribution in [2.24, 2.45) is 0 Å². The third-order valence-corrected chi connectivity index (χ3v) is 7.73. The van der Waals surface area contributed by atoms with E-state index in [-0.39, 0.29) is 0 Å². The molecule has 180 valence electrons. The van der Waals surface area contributed by atoms with Crippen molar-refractivity contribution >= 4 is 27.1 Å². The molecular weight excluding hydrogens is 456 g/mol. The largest absolute Gasteiger partial charge is 0.0842 e. The van der Waals surface area contributed by atoms with E-state index in [1.165, 1.54) is 66.1 Å². The number of hydrogen-bond acceptors (Lipinski definition) is 0. The molecule has 0 aliphatic heterocycles. The monoisotopic (exact) mass is 484 g/mol. The van der Waals surface area contributed by atoms with Gasteiger partial charge in [-0.15, -0.1) is 0 Å². The van der Waals surface area contributed by atoms with Gasteiger partial charge in [0.25, 0.3) is 0 Å². The molecule has 0 heterocycles. The van der Waals surface area contributed by atoms with Crippen LogP contribution >= 0.6 is 0 Å². The van der Waals surface area contributed by atoms with E-state index in [4.69, 9.17) is 0 Å². The molecule has 1 aliphatic rings. The molecule has 0 heteroatoms. The van der Waals surface area contributed by atoms with Crippen molar-refractivity contribution in [2.45, 2.75) is 12.8 Å². The summed E-state index contributed by atoms with van der Waals surface area (Å²) in [5.74, 6) is 0. The fourth-order valence-corrected chi connectivity index (χ4v) is 5.95. The molecule has 0 radical (unpaired) electrons. The van der Waals surface area contributed by atoms with Gasteiger partial charge in [-0.3, -0.25) is 0 Å². The molecule has 6 aromatic carbocycles. The van der Waals surface area contributed by atoms with Gasteiger partial charge in [0, 0.05) is 0 Å². The lowest BCUT2D eigenvalue weighted by Crippen LogP contribution is -1.93. The van der Waals surface area contributed by atoms with Crippen LogP contribution in [0, 0.1) is 0 Å². The zero-order valence-electron chi connectivity index (χ0n) is 21.3. The lowest BCUT2D eigenvalue weighted by Gasteiger charge is -2.19.